The molecule has 0 spiro atoms. The Balaban J connectivity index is 2.15. The molecule has 0 fully saturated rings. The lowest BCUT2D eigenvalue weighted by Gasteiger charge is -2.09. The second-order valence-electron chi connectivity index (χ2n) is 4.67. The molecule has 1 unspecified atom stereocenters. The molecule has 0 bridgehead atoms. The van der Waals surface area contributed by atoms with Crippen LogP contribution in [0.5, 0.6) is 0 Å². The molecule has 0 saturated heterocycles. The van der Waals surface area contributed by atoms with Gasteiger partial charge in [0.15, 0.2) is 0 Å². The van der Waals surface area contributed by atoms with Crippen molar-refractivity contribution in [2.24, 2.45) is 5.92 Å². The van der Waals surface area contributed by atoms with Gasteiger partial charge in [0.05, 0.1) is 6.54 Å². The lowest BCUT2D eigenvalue weighted by Crippen LogP contribution is -2.29. The Labute approximate surface area is 113 Å². The van der Waals surface area contributed by atoms with Crippen molar-refractivity contribution < 1.29 is 14.3 Å². The first-order chi connectivity index (χ1) is 9.11. The Hall–Kier alpha value is -1.46. The van der Waals surface area contributed by atoms with E-state index in [9.17, 15) is 9.18 Å². The maximum atomic E-state index is 12.9. The summed E-state index contributed by atoms with van der Waals surface area (Å²) in [4.78, 5) is 11.5. The molecule has 1 aromatic carbocycles. The van der Waals surface area contributed by atoms with Gasteiger partial charge in [0.25, 0.3) is 0 Å². The van der Waals surface area contributed by atoms with Crippen LogP contribution in [0, 0.1) is 11.7 Å². The summed E-state index contributed by atoms with van der Waals surface area (Å²) >= 11 is 0. The standard InChI is InChI=1S/C14H21FN2O2/c1-11(10-18)4-3-7-16-9-14(19)17-13-6-2-5-12(15)8-13/h2,5-6,8,11,16,18H,3-4,7,9-10H2,1H3,(H,17,19). The molecular weight excluding hydrogens is 247 g/mol. The normalized spacial score (nSPS) is 12.2. The van der Waals surface area contributed by atoms with Gasteiger partial charge in [0, 0.05) is 12.3 Å². The van der Waals surface area contributed by atoms with Gasteiger partial charge in [-0.05, 0) is 43.5 Å². The number of hydrogen-bond acceptors (Lipinski definition) is 3. The van der Waals surface area contributed by atoms with Crippen LogP contribution in [-0.2, 0) is 4.79 Å². The van der Waals surface area contributed by atoms with Crippen molar-refractivity contribution in [3.8, 4) is 0 Å². The largest absolute Gasteiger partial charge is 0.396 e. The highest BCUT2D eigenvalue weighted by molar-refractivity contribution is 5.92. The number of anilines is 1. The Bertz CT molecular complexity index is 399. The maximum absolute atomic E-state index is 12.9. The molecule has 0 aliphatic heterocycles. The van der Waals surface area contributed by atoms with Crippen LogP contribution in [0.1, 0.15) is 19.8 Å². The highest BCUT2D eigenvalue weighted by atomic mass is 19.1. The van der Waals surface area contributed by atoms with Gasteiger partial charge in [-0.15, -0.1) is 0 Å². The first kappa shape index (κ1) is 15.6. The Morgan fingerprint density at radius 1 is 1.47 bits per heavy atom. The van der Waals surface area contributed by atoms with E-state index in [4.69, 9.17) is 5.11 Å². The average Bonchev–Trinajstić information content (AvgIpc) is 2.38. The van der Waals surface area contributed by atoms with E-state index in [1.165, 1.54) is 12.1 Å². The topological polar surface area (TPSA) is 61.4 Å². The van der Waals surface area contributed by atoms with Gasteiger partial charge in [0.1, 0.15) is 5.82 Å². The van der Waals surface area contributed by atoms with Crippen molar-refractivity contribution in [2.45, 2.75) is 19.8 Å². The van der Waals surface area contributed by atoms with E-state index in [2.05, 4.69) is 10.6 Å². The van der Waals surface area contributed by atoms with Crippen LogP contribution >= 0.6 is 0 Å². The second kappa shape index (κ2) is 8.61. The smallest absolute Gasteiger partial charge is 0.238 e. The van der Waals surface area contributed by atoms with Gasteiger partial charge in [-0.3, -0.25) is 4.79 Å². The van der Waals surface area contributed by atoms with Gasteiger partial charge < -0.3 is 15.7 Å². The summed E-state index contributed by atoms with van der Waals surface area (Å²) in [7, 11) is 0. The number of halogens is 1. The van der Waals surface area contributed by atoms with E-state index in [-0.39, 0.29) is 24.9 Å². The minimum atomic E-state index is -0.372. The van der Waals surface area contributed by atoms with Gasteiger partial charge in [0.2, 0.25) is 5.91 Å². The predicted molar refractivity (Wildman–Crippen MR) is 73.4 cm³/mol. The van der Waals surface area contributed by atoms with Crippen molar-refractivity contribution in [1.29, 1.82) is 0 Å². The molecule has 1 amide bonds. The highest BCUT2D eigenvalue weighted by Crippen LogP contribution is 2.08. The number of nitrogens with one attached hydrogen (secondary N) is 2. The van der Waals surface area contributed by atoms with Crippen molar-refractivity contribution in [2.75, 3.05) is 25.0 Å². The first-order valence-electron chi connectivity index (χ1n) is 6.49. The van der Waals surface area contributed by atoms with E-state index < -0.39 is 0 Å². The summed E-state index contributed by atoms with van der Waals surface area (Å²) in [5, 5.41) is 14.5. The van der Waals surface area contributed by atoms with Crippen molar-refractivity contribution in [3.63, 3.8) is 0 Å². The van der Waals surface area contributed by atoms with Crippen LogP contribution in [0.3, 0.4) is 0 Å². The lowest BCUT2D eigenvalue weighted by atomic mass is 10.1. The molecule has 3 N–H and O–H groups in total. The Kier molecular flexibility index (Phi) is 7.07. The second-order valence-corrected chi connectivity index (χ2v) is 4.67. The number of amides is 1. The third-order valence-electron chi connectivity index (χ3n) is 2.76. The van der Waals surface area contributed by atoms with E-state index in [1.54, 1.807) is 12.1 Å². The molecule has 0 aliphatic carbocycles. The summed E-state index contributed by atoms with van der Waals surface area (Å²) < 4.78 is 12.9. The Morgan fingerprint density at radius 2 is 2.26 bits per heavy atom. The van der Waals surface area contributed by atoms with Crippen LogP contribution < -0.4 is 10.6 Å². The minimum absolute atomic E-state index is 0.194. The van der Waals surface area contributed by atoms with E-state index >= 15 is 0 Å². The molecule has 106 valence electrons. The summed E-state index contributed by atoms with van der Waals surface area (Å²) in [6.45, 7) is 3.10. The summed E-state index contributed by atoms with van der Waals surface area (Å²) in [5.74, 6) is -0.271. The Morgan fingerprint density at radius 3 is 2.95 bits per heavy atom. The number of aliphatic hydroxyl groups excluding tert-OH is 1. The lowest BCUT2D eigenvalue weighted by molar-refractivity contribution is -0.115. The number of hydrogen-bond donors (Lipinski definition) is 3. The molecule has 1 atom stereocenters. The summed E-state index contributed by atoms with van der Waals surface area (Å²) in [6, 6.07) is 5.80. The zero-order valence-electron chi connectivity index (χ0n) is 11.2. The van der Waals surface area contributed by atoms with Crippen LogP contribution in [-0.4, -0.2) is 30.7 Å². The van der Waals surface area contributed by atoms with Crippen LogP contribution in [0.15, 0.2) is 24.3 Å². The number of carbonyl (C=O) groups is 1. The predicted octanol–water partition coefficient (Wildman–Crippen LogP) is 1.76. The molecule has 19 heavy (non-hydrogen) atoms. The summed E-state index contributed by atoms with van der Waals surface area (Å²) in [6.07, 6.45) is 1.84. The third kappa shape index (κ3) is 6.88. The van der Waals surface area contributed by atoms with Gasteiger partial charge in [-0.1, -0.05) is 13.0 Å². The molecule has 0 saturated carbocycles. The molecule has 0 heterocycles. The molecule has 0 radical (unpaired) electrons. The molecule has 4 nitrogen and oxygen atoms in total. The van der Waals surface area contributed by atoms with E-state index in [0.717, 1.165) is 19.4 Å². The van der Waals surface area contributed by atoms with Crippen LogP contribution in [0.4, 0.5) is 10.1 Å². The molecule has 0 aliphatic rings. The number of carbonyl (C=O) groups excluding carboxylic acids is 1. The molecule has 1 rings (SSSR count). The fourth-order valence-corrected chi connectivity index (χ4v) is 1.64. The average molecular weight is 268 g/mol. The minimum Gasteiger partial charge on any atom is -0.396 e. The van der Waals surface area contributed by atoms with Gasteiger partial charge in [-0.25, -0.2) is 4.39 Å². The SMILES string of the molecule is CC(CO)CCCNCC(=O)Nc1cccc(F)c1. The van der Waals surface area contributed by atoms with Crippen molar-refractivity contribution >= 4 is 11.6 Å². The molecule has 5 heteroatoms. The molecular formula is C14H21FN2O2. The van der Waals surface area contributed by atoms with Crippen LogP contribution in [0.25, 0.3) is 0 Å². The number of rotatable bonds is 8. The number of benzene rings is 1. The molecule has 0 aromatic heterocycles. The highest BCUT2D eigenvalue weighted by Gasteiger charge is 2.03. The zero-order valence-corrected chi connectivity index (χ0v) is 11.2. The molecule has 1 aromatic rings. The third-order valence-corrected chi connectivity index (χ3v) is 2.76. The maximum Gasteiger partial charge on any atom is 0.238 e. The van der Waals surface area contributed by atoms with E-state index in [0.29, 0.717) is 11.6 Å². The van der Waals surface area contributed by atoms with Gasteiger partial charge >= 0.3 is 0 Å². The first-order valence-corrected chi connectivity index (χ1v) is 6.49. The summed E-state index contributed by atoms with van der Waals surface area (Å²) in [5.41, 5.74) is 0.459. The fourth-order valence-electron chi connectivity index (χ4n) is 1.64. The number of aliphatic hydroxyl groups is 1. The fraction of sp³-hybridized carbons (Fsp3) is 0.500. The van der Waals surface area contributed by atoms with Crippen molar-refractivity contribution in [1.82, 2.24) is 5.32 Å². The quantitative estimate of drug-likeness (QED) is 0.630. The zero-order chi connectivity index (χ0) is 14.1. The van der Waals surface area contributed by atoms with Crippen LogP contribution in [0.2, 0.25) is 0 Å². The van der Waals surface area contributed by atoms with E-state index in [1.807, 2.05) is 6.92 Å². The monoisotopic (exact) mass is 268 g/mol. The van der Waals surface area contributed by atoms with Crippen molar-refractivity contribution in [3.05, 3.63) is 30.1 Å². The van der Waals surface area contributed by atoms with Gasteiger partial charge in [-0.2, -0.15) is 0 Å².